The maximum atomic E-state index is 5.76. The van der Waals surface area contributed by atoms with Crippen LogP contribution in [0, 0.1) is 6.92 Å². The fraction of sp³-hybridized carbons (Fsp3) is 0.375. The lowest BCUT2D eigenvalue weighted by atomic mass is 10.1. The lowest BCUT2D eigenvalue weighted by Gasteiger charge is -2.21. The summed E-state index contributed by atoms with van der Waals surface area (Å²) in [5.41, 5.74) is 2.00. The van der Waals surface area contributed by atoms with E-state index in [1.165, 1.54) is 0 Å². The highest BCUT2D eigenvalue weighted by molar-refractivity contribution is 7.08. The molecule has 22 heavy (non-hydrogen) atoms. The van der Waals surface area contributed by atoms with Crippen molar-refractivity contribution in [1.29, 1.82) is 0 Å². The second-order valence-electron chi connectivity index (χ2n) is 5.43. The topological polar surface area (TPSA) is 55.9 Å². The Labute approximate surface area is 134 Å². The van der Waals surface area contributed by atoms with E-state index in [-0.39, 0.29) is 12.1 Å². The van der Waals surface area contributed by atoms with Crippen LogP contribution in [-0.2, 0) is 6.54 Å². The number of hydrogen-bond acceptors (Lipinski definition) is 5. The summed E-state index contributed by atoms with van der Waals surface area (Å²) < 4.78 is 7.72. The van der Waals surface area contributed by atoms with Crippen molar-refractivity contribution in [2.45, 2.75) is 39.4 Å². The number of hydrogen-bond donors (Lipinski definition) is 1. The minimum absolute atomic E-state index is 0.276. The van der Waals surface area contributed by atoms with E-state index in [1.807, 2.05) is 40.7 Å². The third-order valence-electron chi connectivity index (χ3n) is 3.92. The predicted molar refractivity (Wildman–Crippen MR) is 87.8 cm³/mol. The fourth-order valence-electron chi connectivity index (χ4n) is 2.28. The summed E-state index contributed by atoms with van der Waals surface area (Å²) >= 11 is 1.64. The minimum atomic E-state index is 0.276. The highest BCUT2D eigenvalue weighted by Crippen LogP contribution is 2.24. The second kappa shape index (κ2) is 6.46. The maximum Gasteiger partial charge on any atom is 0.227 e. The number of nitrogens with one attached hydrogen (secondary N) is 1. The monoisotopic (exact) mass is 316 g/mol. The molecule has 0 aromatic carbocycles. The van der Waals surface area contributed by atoms with Gasteiger partial charge in [0.2, 0.25) is 5.89 Å². The molecule has 3 rings (SSSR count). The Hall–Kier alpha value is -1.92. The van der Waals surface area contributed by atoms with Crippen molar-refractivity contribution in [3.8, 4) is 11.5 Å². The molecule has 0 radical (unpaired) electrons. The smallest absolute Gasteiger partial charge is 0.227 e. The lowest BCUT2D eigenvalue weighted by Crippen LogP contribution is -2.33. The molecule has 3 aromatic rings. The lowest BCUT2D eigenvalue weighted by molar-refractivity contribution is 0.363. The van der Waals surface area contributed by atoms with E-state index in [0.717, 1.165) is 17.0 Å². The Morgan fingerprint density at radius 1 is 1.41 bits per heavy atom. The Morgan fingerprint density at radius 2 is 2.27 bits per heavy atom. The molecule has 0 fully saturated rings. The largest absolute Gasteiger partial charge is 0.441 e. The van der Waals surface area contributed by atoms with Crippen LogP contribution in [0.4, 0.5) is 0 Å². The van der Waals surface area contributed by atoms with Gasteiger partial charge in [-0.2, -0.15) is 16.4 Å². The highest BCUT2D eigenvalue weighted by Gasteiger charge is 2.16. The van der Waals surface area contributed by atoms with E-state index in [1.54, 1.807) is 17.5 Å². The Balaban J connectivity index is 1.64. The fourth-order valence-corrected chi connectivity index (χ4v) is 2.91. The predicted octanol–water partition coefficient (Wildman–Crippen LogP) is 3.65. The normalized spacial score (nSPS) is 14.1. The molecule has 3 heterocycles. The van der Waals surface area contributed by atoms with Gasteiger partial charge in [-0.1, -0.05) is 0 Å². The first-order chi connectivity index (χ1) is 10.6. The zero-order chi connectivity index (χ0) is 15.5. The van der Waals surface area contributed by atoms with Crippen LogP contribution >= 0.6 is 11.3 Å². The van der Waals surface area contributed by atoms with Gasteiger partial charge in [-0.15, -0.1) is 0 Å². The summed E-state index contributed by atoms with van der Waals surface area (Å²) in [5.74, 6) is 1.57. The molecule has 6 heteroatoms. The number of thiophene rings is 1. The van der Waals surface area contributed by atoms with E-state index in [0.29, 0.717) is 12.4 Å². The van der Waals surface area contributed by atoms with Gasteiger partial charge in [0.05, 0.1) is 11.7 Å². The Bertz CT molecular complexity index is 703. The van der Waals surface area contributed by atoms with E-state index in [4.69, 9.17) is 4.42 Å². The van der Waals surface area contributed by atoms with Crippen molar-refractivity contribution < 1.29 is 4.42 Å². The molecule has 0 bridgehead atoms. The quantitative estimate of drug-likeness (QED) is 0.754. The zero-order valence-electron chi connectivity index (χ0n) is 13.0. The average Bonchev–Trinajstić information content (AvgIpc) is 3.25. The highest BCUT2D eigenvalue weighted by atomic mass is 32.1. The number of rotatable bonds is 6. The van der Waals surface area contributed by atoms with Gasteiger partial charge < -0.3 is 9.73 Å². The molecule has 0 aliphatic heterocycles. The van der Waals surface area contributed by atoms with Gasteiger partial charge in [0, 0.05) is 35.9 Å². The van der Waals surface area contributed by atoms with Crippen molar-refractivity contribution in [2.24, 2.45) is 0 Å². The van der Waals surface area contributed by atoms with Gasteiger partial charge in [0.25, 0.3) is 0 Å². The van der Waals surface area contributed by atoms with Crippen LogP contribution in [0.3, 0.4) is 0 Å². The standard InChI is InChI=1S/C16H20N4OS/c1-11(12(2)20-7-4-6-18-20)17-9-15-13(3)21-16(19-15)14-5-8-22-10-14/h4-8,10-12,17H,9H2,1-3H3/t11-,12+/m0/s1. The second-order valence-corrected chi connectivity index (χ2v) is 6.21. The SMILES string of the molecule is Cc1oc(-c2ccsc2)nc1CN[C@@H](C)[C@@H](C)n1cccn1. The van der Waals surface area contributed by atoms with Crippen LogP contribution in [0.2, 0.25) is 0 Å². The molecule has 0 spiro atoms. The molecular formula is C16H20N4OS. The molecule has 2 atom stereocenters. The van der Waals surface area contributed by atoms with Crippen molar-refractivity contribution in [2.75, 3.05) is 0 Å². The first-order valence-corrected chi connectivity index (χ1v) is 8.31. The van der Waals surface area contributed by atoms with Crippen LogP contribution < -0.4 is 5.32 Å². The molecule has 0 aliphatic rings. The van der Waals surface area contributed by atoms with Crippen molar-refractivity contribution >= 4 is 11.3 Å². The molecule has 3 aromatic heterocycles. The van der Waals surface area contributed by atoms with E-state index >= 15 is 0 Å². The first kappa shape index (κ1) is 15.0. The van der Waals surface area contributed by atoms with E-state index in [9.17, 15) is 0 Å². The molecule has 0 saturated heterocycles. The van der Waals surface area contributed by atoms with E-state index < -0.39 is 0 Å². The van der Waals surface area contributed by atoms with Gasteiger partial charge in [-0.3, -0.25) is 4.68 Å². The van der Waals surface area contributed by atoms with Gasteiger partial charge in [0.1, 0.15) is 5.76 Å². The van der Waals surface area contributed by atoms with Crippen LogP contribution in [-0.4, -0.2) is 20.8 Å². The Kier molecular flexibility index (Phi) is 4.40. The summed E-state index contributed by atoms with van der Waals surface area (Å²) in [7, 11) is 0. The van der Waals surface area contributed by atoms with Crippen LogP contribution in [0.5, 0.6) is 0 Å². The van der Waals surface area contributed by atoms with Crippen LogP contribution in [0.1, 0.15) is 31.3 Å². The molecule has 116 valence electrons. The number of aryl methyl sites for hydroxylation is 1. The van der Waals surface area contributed by atoms with Crippen LogP contribution in [0.15, 0.2) is 39.7 Å². The van der Waals surface area contributed by atoms with Gasteiger partial charge >= 0.3 is 0 Å². The molecule has 0 amide bonds. The first-order valence-electron chi connectivity index (χ1n) is 7.36. The molecule has 5 nitrogen and oxygen atoms in total. The average molecular weight is 316 g/mol. The summed E-state index contributed by atoms with van der Waals surface area (Å²) in [6.45, 7) is 6.95. The van der Waals surface area contributed by atoms with Gasteiger partial charge in [0.15, 0.2) is 0 Å². The van der Waals surface area contributed by atoms with E-state index in [2.05, 4.69) is 29.2 Å². The van der Waals surface area contributed by atoms with Crippen molar-refractivity contribution in [3.63, 3.8) is 0 Å². The number of aromatic nitrogens is 3. The molecule has 0 aliphatic carbocycles. The minimum Gasteiger partial charge on any atom is -0.441 e. The summed E-state index contributed by atoms with van der Waals surface area (Å²) in [6, 6.07) is 4.52. The maximum absolute atomic E-state index is 5.76. The summed E-state index contributed by atoms with van der Waals surface area (Å²) in [4.78, 5) is 4.60. The number of oxazole rings is 1. The molecule has 0 saturated carbocycles. The molecule has 0 unspecified atom stereocenters. The van der Waals surface area contributed by atoms with Gasteiger partial charge in [-0.25, -0.2) is 4.98 Å². The number of nitrogens with zero attached hydrogens (tertiary/aromatic N) is 3. The third-order valence-corrected chi connectivity index (χ3v) is 4.60. The van der Waals surface area contributed by atoms with Crippen molar-refractivity contribution in [3.05, 3.63) is 46.7 Å². The van der Waals surface area contributed by atoms with Crippen molar-refractivity contribution in [1.82, 2.24) is 20.1 Å². The zero-order valence-corrected chi connectivity index (χ0v) is 13.8. The Morgan fingerprint density at radius 3 is 2.95 bits per heavy atom. The van der Waals surface area contributed by atoms with Crippen LogP contribution in [0.25, 0.3) is 11.5 Å². The molecule has 1 N–H and O–H groups in total. The van der Waals surface area contributed by atoms with Gasteiger partial charge in [-0.05, 0) is 38.3 Å². The molecular weight excluding hydrogens is 296 g/mol. The summed E-state index contributed by atoms with van der Waals surface area (Å²) in [6.07, 6.45) is 3.79. The third kappa shape index (κ3) is 3.13. The summed E-state index contributed by atoms with van der Waals surface area (Å²) in [5, 5.41) is 11.9.